The van der Waals surface area contributed by atoms with Crippen molar-refractivity contribution >= 4 is 5.91 Å². The molecular formula is C12H22N2O. The zero-order valence-electron chi connectivity index (χ0n) is 9.67. The molecule has 0 spiro atoms. The second-order valence-corrected chi connectivity index (χ2v) is 4.83. The van der Waals surface area contributed by atoms with Crippen molar-refractivity contribution in [2.24, 2.45) is 5.92 Å². The van der Waals surface area contributed by atoms with Crippen molar-refractivity contribution in [3.63, 3.8) is 0 Å². The van der Waals surface area contributed by atoms with E-state index in [0.717, 1.165) is 19.6 Å². The first kappa shape index (κ1) is 10.9. The molecule has 0 radical (unpaired) electrons. The summed E-state index contributed by atoms with van der Waals surface area (Å²) < 4.78 is 0. The first-order chi connectivity index (χ1) is 7.33. The van der Waals surface area contributed by atoms with Crippen molar-refractivity contribution in [1.82, 2.24) is 10.2 Å². The lowest BCUT2D eigenvalue weighted by Crippen LogP contribution is -2.55. The van der Waals surface area contributed by atoms with Gasteiger partial charge in [-0.1, -0.05) is 13.3 Å². The summed E-state index contributed by atoms with van der Waals surface area (Å²) >= 11 is 0. The van der Waals surface area contributed by atoms with Crippen molar-refractivity contribution < 1.29 is 4.79 Å². The number of hydrogen-bond acceptors (Lipinski definition) is 2. The van der Waals surface area contributed by atoms with Crippen LogP contribution in [0.5, 0.6) is 0 Å². The monoisotopic (exact) mass is 210 g/mol. The summed E-state index contributed by atoms with van der Waals surface area (Å²) in [6, 6.07) is 0.539. The highest BCUT2D eigenvalue weighted by Gasteiger charge is 2.33. The number of piperidine rings is 1. The molecule has 86 valence electrons. The number of carbonyl (C=O) groups is 1. The molecule has 1 N–H and O–H groups in total. The molecule has 0 aromatic heterocycles. The topological polar surface area (TPSA) is 32.3 Å². The molecule has 0 saturated carbocycles. The molecule has 0 bridgehead atoms. The predicted octanol–water partition coefficient (Wildman–Crippen LogP) is 1.39. The number of hydrogen-bond donors (Lipinski definition) is 1. The van der Waals surface area contributed by atoms with E-state index in [1.54, 1.807) is 0 Å². The molecule has 3 nitrogen and oxygen atoms in total. The van der Waals surface area contributed by atoms with Crippen LogP contribution in [-0.2, 0) is 4.79 Å². The van der Waals surface area contributed by atoms with Crippen LogP contribution in [0.15, 0.2) is 0 Å². The maximum atomic E-state index is 12.2. The molecule has 3 heteroatoms. The van der Waals surface area contributed by atoms with Gasteiger partial charge in [0.1, 0.15) is 0 Å². The van der Waals surface area contributed by atoms with Gasteiger partial charge in [-0.3, -0.25) is 4.79 Å². The van der Waals surface area contributed by atoms with Gasteiger partial charge < -0.3 is 10.2 Å². The summed E-state index contributed by atoms with van der Waals surface area (Å²) in [5.74, 6) is 0.689. The van der Waals surface area contributed by atoms with Crippen LogP contribution in [0.25, 0.3) is 0 Å². The Morgan fingerprint density at radius 1 is 1.40 bits per heavy atom. The minimum absolute atomic E-state index is 0.280. The quantitative estimate of drug-likeness (QED) is 0.763. The third-order valence-corrected chi connectivity index (χ3v) is 3.66. The van der Waals surface area contributed by atoms with Crippen LogP contribution in [0.1, 0.15) is 39.0 Å². The Morgan fingerprint density at radius 2 is 2.20 bits per heavy atom. The highest BCUT2D eigenvalue weighted by Crippen LogP contribution is 2.23. The van der Waals surface area contributed by atoms with Crippen LogP contribution in [-0.4, -0.2) is 36.5 Å². The van der Waals surface area contributed by atoms with E-state index in [1.165, 1.54) is 32.1 Å². The molecule has 0 aromatic carbocycles. The van der Waals surface area contributed by atoms with E-state index < -0.39 is 0 Å². The average molecular weight is 210 g/mol. The van der Waals surface area contributed by atoms with E-state index in [-0.39, 0.29) is 5.92 Å². The van der Waals surface area contributed by atoms with Gasteiger partial charge in [-0.05, 0) is 25.7 Å². The number of amides is 1. The van der Waals surface area contributed by atoms with Crippen molar-refractivity contribution in [2.45, 2.75) is 45.1 Å². The molecule has 1 unspecified atom stereocenters. The number of rotatable bonds is 3. The zero-order chi connectivity index (χ0) is 10.7. The highest BCUT2D eigenvalue weighted by atomic mass is 16.2. The summed E-state index contributed by atoms with van der Waals surface area (Å²) in [5, 5.41) is 3.18. The Kier molecular flexibility index (Phi) is 3.62. The molecule has 2 rings (SSSR count). The van der Waals surface area contributed by atoms with E-state index in [9.17, 15) is 4.79 Å². The summed E-state index contributed by atoms with van der Waals surface area (Å²) in [6.45, 7) is 5.00. The fourth-order valence-electron chi connectivity index (χ4n) is 2.62. The first-order valence-electron chi connectivity index (χ1n) is 6.34. The molecule has 2 saturated heterocycles. The van der Waals surface area contributed by atoms with Gasteiger partial charge in [0.2, 0.25) is 5.91 Å². The van der Waals surface area contributed by atoms with E-state index in [0.29, 0.717) is 11.9 Å². The summed E-state index contributed by atoms with van der Waals surface area (Å²) in [6.07, 6.45) is 6.10. The van der Waals surface area contributed by atoms with E-state index >= 15 is 0 Å². The van der Waals surface area contributed by atoms with Gasteiger partial charge in [-0.25, -0.2) is 0 Å². The summed E-state index contributed by atoms with van der Waals surface area (Å²) in [7, 11) is 0. The van der Waals surface area contributed by atoms with Crippen LogP contribution in [0.4, 0.5) is 0 Å². The molecule has 2 aliphatic rings. The minimum atomic E-state index is 0.280. The number of nitrogens with zero attached hydrogens (tertiary/aromatic N) is 1. The van der Waals surface area contributed by atoms with Crippen LogP contribution in [0.2, 0.25) is 0 Å². The second-order valence-electron chi connectivity index (χ2n) is 4.83. The van der Waals surface area contributed by atoms with Crippen LogP contribution in [0, 0.1) is 5.92 Å². The van der Waals surface area contributed by atoms with Gasteiger partial charge >= 0.3 is 0 Å². The van der Waals surface area contributed by atoms with Crippen LogP contribution in [0.3, 0.4) is 0 Å². The molecular weight excluding hydrogens is 188 g/mol. The van der Waals surface area contributed by atoms with Gasteiger partial charge in [0.25, 0.3) is 0 Å². The third kappa shape index (κ3) is 2.33. The summed E-state index contributed by atoms with van der Waals surface area (Å²) in [4.78, 5) is 14.3. The summed E-state index contributed by atoms with van der Waals surface area (Å²) in [5.41, 5.74) is 0. The van der Waals surface area contributed by atoms with Gasteiger partial charge in [-0.2, -0.15) is 0 Å². The fourth-order valence-corrected chi connectivity index (χ4v) is 2.62. The lowest BCUT2D eigenvalue weighted by atomic mass is 9.94. The Bertz CT molecular complexity index is 224. The Hall–Kier alpha value is -0.570. The Balaban J connectivity index is 1.93. The zero-order valence-corrected chi connectivity index (χ0v) is 9.67. The van der Waals surface area contributed by atoms with Crippen LogP contribution < -0.4 is 5.32 Å². The minimum Gasteiger partial charge on any atom is -0.339 e. The molecule has 0 aromatic rings. The number of nitrogens with one attached hydrogen (secondary N) is 1. The van der Waals surface area contributed by atoms with Gasteiger partial charge in [0.15, 0.2) is 0 Å². The predicted molar refractivity (Wildman–Crippen MR) is 60.6 cm³/mol. The SMILES string of the molecule is CCCC1CCCCN1C(=O)C1CNC1. The largest absolute Gasteiger partial charge is 0.339 e. The van der Waals surface area contributed by atoms with Crippen molar-refractivity contribution in [3.05, 3.63) is 0 Å². The van der Waals surface area contributed by atoms with Crippen molar-refractivity contribution in [2.75, 3.05) is 19.6 Å². The third-order valence-electron chi connectivity index (χ3n) is 3.66. The van der Waals surface area contributed by atoms with Gasteiger partial charge in [0.05, 0.1) is 5.92 Å². The lowest BCUT2D eigenvalue weighted by molar-refractivity contribution is -0.141. The lowest BCUT2D eigenvalue weighted by Gasteiger charge is -2.40. The van der Waals surface area contributed by atoms with E-state index in [4.69, 9.17) is 0 Å². The first-order valence-corrected chi connectivity index (χ1v) is 6.34. The molecule has 15 heavy (non-hydrogen) atoms. The normalized spacial score (nSPS) is 27.5. The molecule has 1 atom stereocenters. The van der Waals surface area contributed by atoms with Crippen molar-refractivity contribution in [1.29, 1.82) is 0 Å². The number of carbonyl (C=O) groups excluding carboxylic acids is 1. The van der Waals surface area contributed by atoms with Crippen LogP contribution >= 0.6 is 0 Å². The highest BCUT2D eigenvalue weighted by molar-refractivity contribution is 5.80. The smallest absolute Gasteiger partial charge is 0.228 e. The fraction of sp³-hybridized carbons (Fsp3) is 0.917. The standard InChI is InChI=1S/C12H22N2O/c1-2-5-11-6-3-4-7-14(11)12(15)10-8-13-9-10/h10-11,13H,2-9H2,1H3. The molecule has 2 fully saturated rings. The Labute approximate surface area is 92.2 Å². The maximum Gasteiger partial charge on any atom is 0.228 e. The number of likely N-dealkylation sites (tertiary alicyclic amines) is 1. The van der Waals surface area contributed by atoms with E-state index in [2.05, 4.69) is 17.1 Å². The average Bonchev–Trinajstić information content (AvgIpc) is 2.16. The molecule has 0 aliphatic carbocycles. The Morgan fingerprint density at radius 3 is 2.80 bits per heavy atom. The second kappa shape index (κ2) is 4.97. The molecule has 2 heterocycles. The molecule has 1 amide bonds. The maximum absolute atomic E-state index is 12.2. The van der Waals surface area contributed by atoms with Crippen molar-refractivity contribution in [3.8, 4) is 0 Å². The van der Waals surface area contributed by atoms with Gasteiger partial charge in [-0.15, -0.1) is 0 Å². The van der Waals surface area contributed by atoms with E-state index in [1.807, 2.05) is 0 Å². The van der Waals surface area contributed by atoms with Gasteiger partial charge in [0, 0.05) is 25.7 Å². The molecule has 2 aliphatic heterocycles.